The van der Waals surface area contributed by atoms with Crippen molar-refractivity contribution in [3.63, 3.8) is 0 Å². The van der Waals surface area contributed by atoms with Gasteiger partial charge in [-0.05, 0) is 30.3 Å². The minimum Gasteiger partial charge on any atom is -0.505 e. The average Bonchev–Trinajstić information content (AvgIpc) is 3.03. The lowest BCUT2D eigenvalue weighted by Crippen LogP contribution is -2.36. The van der Waals surface area contributed by atoms with Crippen molar-refractivity contribution in [2.24, 2.45) is 0 Å². The quantitative estimate of drug-likeness (QED) is 0.750. The highest BCUT2D eigenvalue weighted by atomic mass is 35.5. The van der Waals surface area contributed by atoms with E-state index in [-0.39, 0.29) is 15.8 Å². The maximum Gasteiger partial charge on any atom is 0.152 e. The number of aromatic nitrogens is 2. The van der Waals surface area contributed by atoms with Crippen LogP contribution in [0.5, 0.6) is 5.75 Å². The van der Waals surface area contributed by atoms with Crippen LogP contribution in [0.1, 0.15) is 0 Å². The van der Waals surface area contributed by atoms with Crippen LogP contribution >= 0.6 is 23.2 Å². The molecule has 0 spiro atoms. The van der Waals surface area contributed by atoms with E-state index in [0.717, 1.165) is 48.7 Å². The molecule has 2 heterocycles. The van der Waals surface area contributed by atoms with Gasteiger partial charge in [0.15, 0.2) is 5.75 Å². The molecule has 1 fully saturated rings. The molecule has 1 saturated heterocycles. The number of morpholine rings is 1. The van der Waals surface area contributed by atoms with Crippen molar-refractivity contribution in [3.8, 4) is 11.4 Å². The first kappa shape index (κ1) is 15.6. The number of rotatable bonds is 2. The van der Waals surface area contributed by atoms with Crippen molar-refractivity contribution in [1.29, 1.82) is 0 Å². The van der Waals surface area contributed by atoms with E-state index in [9.17, 15) is 5.11 Å². The van der Waals surface area contributed by atoms with Gasteiger partial charge in [0.05, 0.1) is 40.0 Å². The molecule has 2 aromatic carbocycles. The van der Waals surface area contributed by atoms with E-state index in [1.165, 1.54) is 0 Å². The summed E-state index contributed by atoms with van der Waals surface area (Å²) in [6.07, 6.45) is 1.73. The minimum absolute atomic E-state index is 0.110. The van der Waals surface area contributed by atoms with E-state index >= 15 is 0 Å². The van der Waals surface area contributed by atoms with Gasteiger partial charge in [0, 0.05) is 18.8 Å². The van der Waals surface area contributed by atoms with Crippen LogP contribution < -0.4 is 4.90 Å². The molecule has 0 unspecified atom stereocenters. The van der Waals surface area contributed by atoms with Gasteiger partial charge in [-0.3, -0.25) is 4.57 Å². The molecule has 0 radical (unpaired) electrons. The van der Waals surface area contributed by atoms with Crippen LogP contribution in [0.3, 0.4) is 0 Å². The summed E-state index contributed by atoms with van der Waals surface area (Å²) in [5, 5.41) is 10.1. The molecule has 0 bridgehead atoms. The Labute approximate surface area is 149 Å². The lowest BCUT2D eigenvalue weighted by Gasteiger charge is -2.28. The molecule has 0 saturated carbocycles. The van der Waals surface area contributed by atoms with Crippen LogP contribution in [-0.2, 0) is 4.74 Å². The fraction of sp³-hybridized carbons (Fsp3) is 0.235. The van der Waals surface area contributed by atoms with Gasteiger partial charge in [-0.2, -0.15) is 0 Å². The number of nitrogens with zero attached hydrogens (tertiary/aromatic N) is 3. The highest BCUT2D eigenvalue weighted by Crippen LogP contribution is 2.35. The standard InChI is InChI=1S/C17H15Cl2N3O2/c18-13-7-12(8-14(19)17(13)23)22-10-20-15-9-11(1-2-16(15)22)21-3-5-24-6-4-21/h1-2,7-10,23H,3-6H2. The normalized spacial score (nSPS) is 15.2. The smallest absolute Gasteiger partial charge is 0.152 e. The van der Waals surface area contributed by atoms with E-state index in [1.807, 2.05) is 10.6 Å². The number of hydrogen-bond acceptors (Lipinski definition) is 4. The summed E-state index contributed by atoms with van der Waals surface area (Å²) < 4.78 is 7.29. The molecule has 0 amide bonds. The van der Waals surface area contributed by atoms with E-state index in [0.29, 0.717) is 0 Å². The Balaban J connectivity index is 1.75. The van der Waals surface area contributed by atoms with Crippen LogP contribution in [0.2, 0.25) is 10.0 Å². The summed E-state index contributed by atoms with van der Waals surface area (Å²) >= 11 is 12.1. The average molecular weight is 364 g/mol. The van der Waals surface area contributed by atoms with Gasteiger partial charge < -0.3 is 14.7 Å². The van der Waals surface area contributed by atoms with Gasteiger partial charge in [-0.1, -0.05) is 23.2 Å². The van der Waals surface area contributed by atoms with Gasteiger partial charge >= 0.3 is 0 Å². The number of aromatic hydroxyl groups is 1. The molecule has 1 aromatic heterocycles. The molecule has 1 aliphatic rings. The van der Waals surface area contributed by atoms with Crippen molar-refractivity contribution in [1.82, 2.24) is 9.55 Å². The monoisotopic (exact) mass is 363 g/mol. The number of phenols is 1. The largest absolute Gasteiger partial charge is 0.505 e. The van der Waals surface area contributed by atoms with E-state index in [4.69, 9.17) is 27.9 Å². The molecule has 7 heteroatoms. The lowest BCUT2D eigenvalue weighted by atomic mass is 10.2. The summed E-state index contributed by atoms with van der Waals surface area (Å²) in [5.41, 5.74) is 3.73. The Hall–Kier alpha value is -1.95. The number of hydrogen-bond donors (Lipinski definition) is 1. The molecular formula is C17H15Cl2N3O2. The number of imidazole rings is 1. The van der Waals surface area contributed by atoms with Crippen LogP contribution in [0, 0.1) is 0 Å². The molecule has 124 valence electrons. The van der Waals surface area contributed by atoms with Crippen LogP contribution in [-0.4, -0.2) is 41.0 Å². The minimum atomic E-state index is -0.110. The summed E-state index contributed by atoms with van der Waals surface area (Å²) in [6.45, 7) is 3.26. The zero-order valence-electron chi connectivity index (χ0n) is 12.7. The van der Waals surface area contributed by atoms with Crippen molar-refractivity contribution < 1.29 is 9.84 Å². The SMILES string of the molecule is Oc1c(Cl)cc(-n2cnc3cc(N4CCOCC4)ccc32)cc1Cl. The maximum atomic E-state index is 9.72. The van der Waals surface area contributed by atoms with Crippen molar-refractivity contribution in [2.75, 3.05) is 31.2 Å². The Morgan fingerprint density at radius 3 is 2.42 bits per heavy atom. The molecular weight excluding hydrogens is 349 g/mol. The predicted octanol–water partition coefficient (Wildman–Crippen LogP) is 3.87. The van der Waals surface area contributed by atoms with Crippen molar-refractivity contribution in [3.05, 3.63) is 46.7 Å². The van der Waals surface area contributed by atoms with Gasteiger partial charge in [0.25, 0.3) is 0 Å². The van der Waals surface area contributed by atoms with Gasteiger partial charge in [-0.25, -0.2) is 4.98 Å². The molecule has 3 aromatic rings. The first-order valence-electron chi connectivity index (χ1n) is 7.61. The highest BCUT2D eigenvalue weighted by Gasteiger charge is 2.14. The number of benzene rings is 2. The molecule has 0 atom stereocenters. The third-order valence-electron chi connectivity index (χ3n) is 4.19. The zero-order chi connectivity index (χ0) is 16.7. The summed E-state index contributed by atoms with van der Waals surface area (Å²) in [7, 11) is 0. The number of phenolic OH excluding ortho intramolecular Hbond substituents is 1. The number of fused-ring (bicyclic) bond motifs is 1. The Kier molecular flexibility index (Phi) is 4.00. The first-order valence-corrected chi connectivity index (χ1v) is 8.37. The third-order valence-corrected chi connectivity index (χ3v) is 4.76. The predicted molar refractivity (Wildman–Crippen MR) is 95.8 cm³/mol. The molecule has 4 rings (SSSR count). The zero-order valence-corrected chi connectivity index (χ0v) is 14.3. The Morgan fingerprint density at radius 1 is 1.00 bits per heavy atom. The molecule has 0 aliphatic carbocycles. The van der Waals surface area contributed by atoms with Crippen molar-refractivity contribution in [2.45, 2.75) is 0 Å². The van der Waals surface area contributed by atoms with E-state index in [2.05, 4.69) is 22.0 Å². The summed E-state index contributed by atoms with van der Waals surface area (Å²) in [6, 6.07) is 9.51. The topological polar surface area (TPSA) is 50.5 Å². The number of halogens is 2. The lowest BCUT2D eigenvalue weighted by molar-refractivity contribution is 0.122. The van der Waals surface area contributed by atoms with Crippen molar-refractivity contribution >= 4 is 39.9 Å². The molecule has 1 aliphatic heterocycles. The third kappa shape index (κ3) is 2.69. The fourth-order valence-electron chi connectivity index (χ4n) is 2.92. The second-order valence-electron chi connectivity index (χ2n) is 5.65. The maximum absolute atomic E-state index is 9.72. The fourth-order valence-corrected chi connectivity index (χ4v) is 3.39. The molecule has 24 heavy (non-hydrogen) atoms. The summed E-state index contributed by atoms with van der Waals surface area (Å²) in [4.78, 5) is 6.78. The first-order chi connectivity index (χ1) is 11.6. The van der Waals surface area contributed by atoms with E-state index < -0.39 is 0 Å². The molecule has 5 nitrogen and oxygen atoms in total. The van der Waals surface area contributed by atoms with E-state index in [1.54, 1.807) is 18.5 Å². The van der Waals surface area contributed by atoms with Gasteiger partial charge in [0.1, 0.15) is 6.33 Å². The second-order valence-corrected chi connectivity index (χ2v) is 6.46. The Bertz CT molecular complexity index is 881. The highest BCUT2D eigenvalue weighted by molar-refractivity contribution is 6.37. The van der Waals surface area contributed by atoms with Gasteiger partial charge in [0.2, 0.25) is 0 Å². The summed E-state index contributed by atoms with van der Waals surface area (Å²) in [5.74, 6) is -0.110. The van der Waals surface area contributed by atoms with Gasteiger partial charge in [-0.15, -0.1) is 0 Å². The second kappa shape index (κ2) is 6.16. The molecule has 1 N–H and O–H groups in total. The number of ether oxygens (including phenoxy) is 1. The Morgan fingerprint density at radius 2 is 1.71 bits per heavy atom. The van der Waals surface area contributed by atoms with Crippen LogP contribution in [0.25, 0.3) is 16.7 Å². The number of anilines is 1. The van der Waals surface area contributed by atoms with Crippen LogP contribution in [0.4, 0.5) is 5.69 Å². The van der Waals surface area contributed by atoms with Crippen LogP contribution in [0.15, 0.2) is 36.7 Å².